The van der Waals surface area contributed by atoms with Crippen molar-refractivity contribution in [3.8, 4) is 0 Å². The first-order valence-corrected chi connectivity index (χ1v) is 9.99. The Hall–Kier alpha value is 0.739. The van der Waals surface area contributed by atoms with Gasteiger partial charge in [0.25, 0.3) is 0 Å². The van der Waals surface area contributed by atoms with E-state index in [9.17, 15) is 0 Å². The predicted molar refractivity (Wildman–Crippen MR) is 113 cm³/mol. The standard InChI is InChI=1S/2C8H17NS2.Cu/c2*1-3-5-7-9(6-4-2)8(10)11;/h2*3-7H2,1-2H3,(H,10,11);/q;;+2/p-2. The Kier molecular flexibility index (Phi) is 25.8. The molecule has 141 valence electrons. The van der Waals surface area contributed by atoms with Crippen LogP contribution in [0.4, 0.5) is 0 Å². The molecule has 1 radical (unpaired) electrons. The molecule has 0 rings (SSSR count). The van der Waals surface area contributed by atoms with Crippen LogP contribution in [0.2, 0.25) is 0 Å². The van der Waals surface area contributed by atoms with Gasteiger partial charge in [0.15, 0.2) is 0 Å². The number of nitrogens with zero attached hydrogens (tertiary/aromatic N) is 2. The minimum atomic E-state index is 0. The fraction of sp³-hybridized carbons (Fsp3) is 0.875. The molecule has 0 N–H and O–H groups in total. The number of thiocarbonyl (C=S) groups is 2. The van der Waals surface area contributed by atoms with E-state index in [0.717, 1.165) is 39.0 Å². The maximum atomic E-state index is 4.94. The van der Waals surface area contributed by atoms with Gasteiger partial charge in [-0.25, -0.2) is 0 Å². The average Bonchev–Trinajstić information content (AvgIpc) is 2.48. The summed E-state index contributed by atoms with van der Waals surface area (Å²) in [6.45, 7) is 12.7. The molecule has 2 nitrogen and oxygen atoms in total. The minimum absolute atomic E-state index is 0. The zero-order valence-corrected chi connectivity index (χ0v) is 19.1. The van der Waals surface area contributed by atoms with Crippen molar-refractivity contribution in [3.05, 3.63) is 0 Å². The third-order valence-electron chi connectivity index (χ3n) is 3.07. The van der Waals surface area contributed by atoms with Gasteiger partial charge in [-0.1, -0.05) is 49.2 Å². The molecule has 0 saturated heterocycles. The second kappa shape index (κ2) is 20.8. The van der Waals surface area contributed by atoms with E-state index in [1.807, 2.05) is 0 Å². The SMILES string of the molecule is CCCCN(CCC)C(=S)[S-].CCCCN(CCC)C(=S)[S-].[Cu+2]. The van der Waals surface area contributed by atoms with Crippen molar-refractivity contribution in [2.45, 2.75) is 66.2 Å². The van der Waals surface area contributed by atoms with Crippen LogP contribution in [0.15, 0.2) is 0 Å². The maximum Gasteiger partial charge on any atom is 2.00 e. The molecule has 0 aromatic rings. The van der Waals surface area contributed by atoms with Crippen molar-refractivity contribution in [3.63, 3.8) is 0 Å². The van der Waals surface area contributed by atoms with Gasteiger partial charge in [-0.15, -0.1) is 0 Å². The first-order chi connectivity index (χ1) is 10.4. The van der Waals surface area contributed by atoms with Gasteiger partial charge in [-0.05, 0) is 25.7 Å². The molecule has 0 aromatic carbocycles. The molecule has 0 unspecified atom stereocenters. The summed E-state index contributed by atoms with van der Waals surface area (Å²) in [6.07, 6.45) is 7.05. The second-order valence-corrected chi connectivity index (χ2v) is 7.28. The van der Waals surface area contributed by atoms with E-state index < -0.39 is 0 Å². The van der Waals surface area contributed by atoms with Crippen LogP contribution in [-0.2, 0) is 42.3 Å². The Morgan fingerprint density at radius 1 is 0.652 bits per heavy atom. The Labute approximate surface area is 176 Å². The van der Waals surface area contributed by atoms with E-state index in [2.05, 4.69) is 37.5 Å². The van der Waals surface area contributed by atoms with Crippen LogP contribution < -0.4 is 0 Å². The predicted octanol–water partition coefficient (Wildman–Crippen LogP) is 4.66. The van der Waals surface area contributed by atoms with Gasteiger partial charge in [0.1, 0.15) is 0 Å². The van der Waals surface area contributed by atoms with Crippen LogP contribution in [0, 0.1) is 0 Å². The van der Waals surface area contributed by atoms with Crippen molar-refractivity contribution in [2.24, 2.45) is 0 Å². The molecule has 0 aliphatic carbocycles. The molecule has 0 aliphatic rings. The smallest absolute Gasteiger partial charge is 0.411 e. The molecular weight excluding hydrogens is 412 g/mol. The molecule has 0 bridgehead atoms. The van der Waals surface area contributed by atoms with Gasteiger partial charge in [-0.2, -0.15) is 0 Å². The van der Waals surface area contributed by atoms with Crippen LogP contribution in [0.25, 0.3) is 0 Å². The quantitative estimate of drug-likeness (QED) is 0.273. The van der Waals surface area contributed by atoms with Crippen molar-refractivity contribution >= 4 is 58.3 Å². The van der Waals surface area contributed by atoms with Crippen LogP contribution >= 0.6 is 24.4 Å². The Bertz CT molecular complexity index is 263. The second-order valence-electron chi connectivity index (χ2n) is 5.21. The Balaban J connectivity index is -0.000000333. The molecule has 0 fully saturated rings. The van der Waals surface area contributed by atoms with Gasteiger partial charge in [0.05, 0.1) is 0 Å². The first-order valence-electron chi connectivity index (χ1n) is 8.36. The number of hydrogen-bond acceptors (Lipinski definition) is 4. The fourth-order valence-electron chi connectivity index (χ4n) is 1.83. The van der Waals surface area contributed by atoms with Crippen molar-refractivity contribution in [2.75, 3.05) is 26.2 Å². The number of rotatable bonds is 10. The van der Waals surface area contributed by atoms with E-state index in [1.54, 1.807) is 0 Å². The van der Waals surface area contributed by atoms with Crippen LogP contribution in [0.1, 0.15) is 66.2 Å². The first kappa shape index (κ1) is 28.5. The largest absolute Gasteiger partial charge is 2.00 e. The summed E-state index contributed by atoms with van der Waals surface area (Å²) in [5.41, 5.74) is 0. The zero-order valence-electron chi connectivity index (χ0n) is 14.9. The fourth-order valence-corrected chi connectivity index (χ4v) is 2.56. The van der Waals surface area contributed by atoms with Crippen molar-refractivity contribution in [1.82, 2.24) is 9.80 Å². The van der Waals surface area contributed by atoms with Crippen LogP contribution in [0.3, 0.4) is 0 Å². The minimum Gasteiger partial charge on any atom is -0.411 e. The zero-order chi connectivity index (χ0) is 17.4. The average molecular weight is 444 g/mol. The number of unbranched alkanes of at least 4 members (excludes halogenated alkanes) is 2. The summed E-state index contributed by atoms with van der Waals surface area (Å²) in [6, 6.07) is 0. The van der Waals surface area contributed by atoms with Crippen LogP contribution in [-0.4, -0.2) is 44.6 Å². The molecule has 0 atom stereocenters. The summed E-state index contributed by atoms with van der Waals surface area (Å²) in [4.78, 5) is 4.21. The van der Waals surface area contributed by atoms with Gasteiger partial charge in [0, 0.05) is 26.2 Å². The summed E-state index contributed by atoms with van der Waals surface area (Å²) in [5, 5.41) is 0. The van der Waals surface area contributed by atoms with E-state index in [4.69, 9.17) is 49.7 Å². The Morgan fingerprint density at radius 2 is 0.957 bits per heavy atom. The van der Waals surface area contributed by atoms with E-state index >= 15 is 0 Å². The van der Waals surface area contributed by atoms with E-state index in [-0.39, 0.29) is 17.1 Å². The molecule has 7 heteroatoms. The third kappa shape index (κ3) is 18.9. The summed E-state index contributed by atoms with van der Waals surface area (Å²) in [7, 11) is 0. The molecule has 0 aromatic heterocycles. The third-order valence-corrected chi connectivity index (χ3v) is 4.10. The van der Waals surface area contributed by atoms with Gasteiger partial charge < -0.3 is 59.5 Å². The van der Waals surface area contributed by atoms with E-state index in [1.165, 1.54) is 25.7 Å². The molecule has 0 saturated carbocycles. The van der Waals surface area contributed by atoms with Crippen molar-refractivity contribution in [1.29, 1.82) is 0 Å². The molecule has 0 amide bonds. The summed E-state index contributed by atoms with van der Waals surface area (Å²) >= 11 is 19.7. The summed E-state index contributed by atoms with van der Waals surface area (Å²) in [5.74, 6) is 0. The molecule has 0 spiro atoms. The van der Waals surface area contributed by atoms with Crippen molar-refractivity contribution < 1.29 is 17.1 Å². The Morgan fingerprint density at radius 3 is 1.13 bits per heavy atom. The monoisotopic (exact) mass is 443 g/mol. The normalized spacial score (nSPS) is 9.22. The molecule has 0 heterocycles. The molecule has 0 aliphatic heterocycles. The molecular formula is C16H32CuN2S4. The van der Waals surface area contributed by atoms with Gasteiger partial charge in [0.2, 0.25) is 0 Å². The molecule has 23 heavy (non-hydrogen) atoms. The van der Waals surface area contributed by atoms with Crippen LogP contribution in [0.5, 0.6) is 0 Å². The van der Waals surface area contributed by atoms with Gasteiger partial charge >= 0.3 is 17.1 Å². The van der Waals surface area contributed by atoms with Gasteiger partial charge in [-0.3, -0.25) is 0 Å². The maximum absolute atomic E-state index is 4.94. The number of hydrogen-bond donors (Lipinski definition) is 0. The summed E-state index contributed by atoms with van der Waals surface area (Å²) < 4.78 is 1.25. The van der Waals surface area contributed by atoms with E-state index in [0.29, 0.717) is 8.64 Å². The topological polar surface area (TPSA) is 6.48 Å².